The summed E-state index contributed by atoms with van der Waals surface area (Å²) in [6.45, 7) is 27.1. The summed E-state index contributed by atoms with van der Waals surface area (Å²) < 4.78 is 13.5. The van der Waals surface area contributed by atoms with Gasteiger partial charge in [-0.05, 0) is 0 Å². The molecular formula is C22H38O2S. The van der Waals surface area contributed by atoms with E-state index in [4.69, 9.17) is 9.47 Å². The van der Waals surface area contributed by atoms with Crippen LogP contribution in [-0.2, 0) is 10.8 Å². The number of fused-ring (bicyclic) bond motifs is 1. The van der Waals surface area contributed by atoms with Gasteiger partial charge in [0.2, 0.25) is 0 Å². The van der Waals surface area contributed by atoms with Gasteiger partial charge in [0.25, 0.3) is 0 Å². The SMILES string of the molecule is CC(C)(C)c1sc(C(C)(C)C)c2c1OC(C(C)(C)C)C(C(C)(C)C)O2. The second kappa shape index (κ2) is 5.90. The molecule has 1 aliphatic rings. The van der Waals surface area contributed by atoms with Gasteiger partial charge >= 0.3 is 0 Å². The van der Waals surface area contributed by atoms with Crippen LogP contribution in [-0.4, -0.2) is 12.2 Å². The van der Waals surface area contributed by atoms with E-state index in [9.17, 15) is 0 Å². The van der Waals surface area contributed by atoms with Gasteiger partial charge in [-0.15, -0.1) is 11.3 Å². The molecule has 0 aliphatic carbocycles. The summed E-state index contributed by atoms with van der Waals surface area (Å²) in [5.74, 6) is 1.98. The van der Waals surface area contributed by atoms with Gasteiger partial charge in [0.1, 0.15) is 12.2 Å². The Morgan fingerprint density at radius 1 is 0.560 bits per heavy atom. The summed E-state index contributed by atoms with van der Waals surface area (Å²) >= 11 is 1.86. The van der Waals surface area contributed by atoms with Crippen LogP contribution in [0.2, 0.25) is 0 Å². The van der Waals surface area contributed by atoms with Crippen molar-refractivity contribution in [3.63, 3.8) is 0 Å². The summed E-state index contributed by atoms with van der Waals surface area (Å²) in [6, 6.07) is 0. The zero-order chi connectivity index (χ0) is 19.6. The largest absolute Gasteiger partial charge is 0.481 e. The Kier molecular flexibility index (Phi) is 4.87. The molecule has 0 spiro atoms. The Morgan fingerprint density at radius 3 is 1.04 bits per heavy atom. The third-order valence-corrected chi connectivity index (χ3v) is 6.66. The lowest BCUT2D eigenvalue weighted by molar-refractivity contribution is -0.0854. The lowest BCUT2D eigenvalue weighted by Crippen LogP contribution is -2.54. The molecule has 1 aromatic rings. The number of rotatable bonds is 0. The van der Waals surface area contributed by atoms with E-state index in [-0.39, 0.29) is 33.9 Å². The summed E-state index contributed by atoms with van der Waals surface area (Å²) in [5, 5.41) is 0. The molecule has 2 atom stereocenters. The fourth-order valence-corrected chi connectivity index (χ4v) is 4.53. The maximum Gasteiger partial charge on any atom is 0.176 e. The minimum atomic E-state index is 0.00856. The highest BCUT2D eigenvalue weighted by molar-refractivity contribution is 7.13. The normalized spacial score (nSPS) is 22.2. The van der Waals surface area contributed by atoms with Gasteiger partial charge < -0.3 is 9.47 Å². The third-order valence-electron chi connectivity index (χ3n) is 4.66. The van der Waals surface area contributed by atoms with E-state index in [1.54, 1.807) is 0 Å². The van der Waals surface area contributed by atoms with Gasteiger partial charge in [0, 0.05) is 21.7 Å². The predicted octanol–water partition coefficient (Wildman–Crippen LogP) is 6.94. The van der Waals surface area contributed by atoms with E-state index in [0.29, 0.717) is 0 Å². The van der Waals surface area contributed by atoms with Crippen molar-refractivity contribution in [1.82, 2.24) is 0 Å². The van der Waals surface area contributed by atoms with Gasteiger partial charge in [0.15, 0.2) is 11.5 Å². The topological polar surface area (TPSA) is 18.5 Å². The average Bonchev–Trinajstić information content (AvgIpc) is 2.73. The van der Waals surface area contributed by atoms with Crippen molar-refractivity contribution in [3.8, 4) is 11.5 Å². The molecule has 1 aromatic heterocycles. The van der Waals surface area contributed by atoms with Crippen molar-refractivity contribution in [3.05, 3.63) is 9.75 Å². The maximum atomic E-state index is 6.75. The molecule has 0 N–H and O–H groups in total. The number of thiophene rings is 1. The van der Waals surface area contributed by atoms with Crippen LogP contribution in [0.15, 0.2) is 0 Å². The molecule has 0 saturated heterocycles. The first-order valence-electron chi connectivity index (χ1n) is 9.45. The smallest absolute Gasteiger partial charge is 0.176 e. The van der Waals surface area contributed by atoms with E-state index in [2.05, 4.69) is 83.1 Å². The highest BCUT2D eigenvalue weighted by Gasteiger charge is 2.49. The molecule has 2 heterocycles. The molecule has 0 amide bonds. The molecule has 0 bridgehead atoms. The highest BCUT2D eigenvalue weighted by atomic mass is 32.1. The Morgan fingerprint density at radius 2 is 0.840 bits per heavy atom. The number of hydrogen-bond donors (Lipinski definition) is 0. The first-order valence-corrected chi connectivity index (χ1v) is 10.3. The van der Waals surface area contributed by atoms with Crippen molar-refractivity contribution < 1.29 is 9.47 Å². The Balaban J connectivity index is 2.70. The van der Waals surface area contributed by atoms with Crippen LogP contribution in [0.3, 0.4) is 0 Å². The van der Waals surface area contributed by atoms with Crippen molar-refractivity contribution in [2.24, 2.45) is 10.8 Å². The van der Waals surface area contributed by atoms with Crippen LogP contribution >= 0.6 is 11.3 Å². The monoisotopic (exact) mass is 366 g/mol. The molecule has 2 nitrogen and oxygen atoms in total. The standard InChI is InChI=1S/C22H38O2S/c1-19(2,3)15-16(20(4,5)6)24-14-13(23-15)17(21(7,8)9)25-18(14)22(10,11)12/h15-16H,1-12H3. The summed E-state index contributed by atoms with van der Waals surface area (Å²) in [6.07, 6.45) is 0.0621. The highest BCUT2D eigenvalue weighted by Crippen LogP contribution is 2.56. The van der Waals surface area contributed by atoms with E-state index >= 15 is 0 Å². The molecular weight excluding hydrogens is 328 g/mol. The minimum absolute atomic E-state index is 0.00856. The third kappa shape index (κ3) is 4.02. The lowest BCUT2D eigenvalue weighted by Gasteiger charge is -2.46. The first kappa shape index (κ1) is 20.6. The Bertz CT molecular complexity index is 573. The molecule has 0 aromatic carbocycles. The van der Waals surface area contributed by atoms with Crippen molar-refractivity contribution in [2.75, 3.05) is 0 Å². The van der Waals surface area contributed by atoms with Gasteiger partial charge in [-0.25, -0.2) is 0 Å². The zero-order valence-electron chi connectivity index (χ0n) is 18.4. The molecule has 0 radical (unpaired) electrons. The molecule has 0 fully saturated rings. The number of ether oxygens (including phenoxy) is 2. The summed E-state index contributed by atoms with van der Waals surface area (Å²) in [4.78, 5) is 2.60. The molecule has 0 saturated carbocycles. The molecule has 2 rings (SSSR count). The lowest BCUT2D eigenvalue weighted by atomic mass is 9.75. The van der Waals surface area contributed by atoms with Crippen molar-refractivity contribution in [2.45, 2.75) is 106 Å². The summed E-state index contributed by atoms with van der Waals surface area (Å²) in [5.41, 5.74) is 0.0977. The van der Waals surface area contributed by atoms with E-state index < -0.39 is 0 Å². The second-order valence-corrected chi connectivity index (χ2v) is 12.7. The van der Waals surface area contributed by atoms with Gasteiger partial charge in [0.05, 0.1) is 9.75 Å². The molecule has 2 unspecified atom stereocenters. The average molecular weight is 367 g/mol. The van der Waals surface area contributed by atoms with Crippen LogP contribution in [0.25, 0.3) is 0 Å². The number of hydrogen-bond acceptors (Lipinski definition) is 3. The Hall–Kier alpha value is -0.700. The fraction of sp³-hybridized carbons (Fsp3) is 0.818. The molecule has 3 heteroatoms. The van der Waals surface area contributed by atoms with Crippen molar-refractivity contribution in [1.29, 1.82) is 0 Å². The summed E-state index contributed by atoms with van der Waals surface area (Å²) in [7, 11) is 0. The van der Waals surface area contributed by atoms with Gasteiger partial charge in [-0.1, -0.05) is 83.1 Å². The van der Waals surface area contributed by atoms with Crippen molar-refractivity contribution >= 4 is 11.3 Å². The minimum Gasteiger partial charge on any atom is -0.481 e. The van der Waals surface area contributed by atoms with E-state index in [1.807, 2.05) is 11.3 Å². The second-order valence-electron chi connectivity index (χ2n) is 11.7. The zero-order valence-corrected chi connectivity index (χ0v) is 19.2. The maximum absolute atomic E-state index is 6.75. The molecule has 144 valence electrons. The fourth-order valence-electron chi connectivity index (χ4n) is 3.24. The quantitative estimate of drug-likeness (QED) is 0.495. The predicted molar refractivity (Wildman–Crippen MR) is 109 cm³/mol. The van der Waals surface area contributed by atoms with Crippen LogP contribution in [0.4, 0.5) is 0 Å². The van der Waals surface area contributed by atoms with Crippen LogP contribution in [0.5, 0.6) is 11.5 Å². The first-order chi connectivity index (χ1) is 10.9. The van der Waals surface area contributed by atoms with E-state index in [0.717, 1.165) is 11.5 Å². The van der Waals surface area contributed by atoms with Crippen LogP contribution in [0, 0.1) is 10.8 Å². The van der Waals surface area contributed by atoms with E-state index in [1.165, 1.54) is 9.75 Å². The molecule has 25 heavy (non-hydrogen) atoms. The van der Waals surface area contributed by atoms with Gasteiger partial charge in [-0.3, -0.25) is 0 Å². The van der Waals surface area contributed by atoms with Gasteiger partial charge in [-0.2, -0.15) is 0 Å². The van der Waals surface area contributed by atoms with Crippen LogP contribution < -0.4 is 9.47 Å². The molecule has 1 aliphatic heterocycles. The van der Waals surface area contributed by atoms with Crippen LogP contribution in [0.1, 0.15) is 92.8 Å². The Labute approximate surface area is 159 Å².